The molecule has 0 aliphatic rings. The molecule has 1 amide bonds. The van der Waals surface area contributed by atoms with Crippen LogP contribution in [0.1, 0.15) is 37.5 Å². The van der Waals surface area contributed by atoms with E-state index in [1.54, 1.807) is 6.07 Å². The van der Waals surface area contributed by atoms with Crippen molar-refractivity contribution >= 4 is 44.0 Å². The summed E-state index contributed by atoms with van der Waals surface area (Å²) in [4.78, 5) is 11.7. The second-order valence-corrected chi connectivity index (χ2v) is 6.81. The van der Waals surface area contributed by atoms with Crippen molar-refractivity contribution in [3.8, 4) is 5.75 Å². The van der Waals surface area contributed by atoms with Crippen LogP contribution < -0.4 is 10.2 Å². The Kier molecular flexibility index (Phi) is 7.05. The van der Waals surface area contributed by atoms with Gasteiger partial charge in [0.2, 0.25) is 0 Å². The van der Waals surface area contributed by atoms with E-state index in [1.165, 1.54) is 11.8 Å². The Morgan fingerprint density at radius 2 is 2.08 bits per heavy atom. The summed E-state index contributed by atoms with van der Waals surface area (Å²) in [5, 5.41) is 3.82. The fourth-order valence-corrected chi connectivity index (χ4v) is 2.51. The van der Waals surface area contributed by atoms with Gasteiger partial charge in [-0.2, -0.15) is 5.10 Å². The van der Waals surface area contributed by atoms with Crippen molar-refractivity contribution in [2.75, 3.05) is 6.61 Å². The number of hydrazone groups is 1. The lowest BCUT2D eigenvalue weighted by Gasteiger charge is -2.10. The fourth-order valence-electron chi connectivity index (χ4n) is 1.90. The average molecular weight is 458 g/mol. The first kappa shape index (κ1) is 18.7. The number of carbonyl (C=O) groups excluding carboxylic acids is 1. The van der Waals surface area contributed by atoms with Crippen molar-refractivity contribution in [3.05, 3.63) is 50.8 Å². The second kappa shape index (κ2) is 9.03. The third kappa shape index (κ3) is 5.49. The number of nitrogens with zero attached hydrogens (tertiary/aromatic N) is 1. The molecule has 0 spiro atoms. The highest BCUT2D eigenvalue weighted by atomic mass is 79.9. The minimum absolute atomic E-state index is 0.106. The summed E-state index contributed by atoms with van der Waals surface area (Å²) in [6.07, 6.45) is 2.50. The van der Waals surface area contributed by atoms with Crippen molar-refractivity contribution in [2.45, 2.75) is 26.2 Å². The summed E-state index contributed by atoms with van der Waals surface area (Å²) in [6, 6.07) is 9.51. The minimum Gasteiger partial charge on any atom is -0.484 e. The van der Waals surface area contributed by atoms with E-state index in [2.05, 4.69) is 56.2 Å². The maximum absolute atomic E-state index is 11.7. The molecule has 0 radical (unpaired) electrons. The van der Waals surface area contributed by atoms with E-state index in [0.29, 0.717) is 22.1 Å². The molecule has 2 aromatic rings. The zero-order valence-corrected chi connectivity index (χ0v) is 16.6. The van der Waals surface area contributed by atoms with E-state index in [9.17, 15) is 4.79 Å². The number of halogens is 2. The Labute approximate surface area is 157 Å². The summed E-state index contributed by atoms with van der Waals surface area (Å²) in [7, 11) is 0. The molecule has 0 fully saturated rings. The highest BCUT2D eigenvalue weighted by molar-refractivity contribution is 9.13. The molecule has 2 rings (SSSR count). The third-order valence-corrected chi connectivity index (χ3v) is 5.19. The van der Waals surface area contributed by atoms with Crippen molar-refractivity contribution in [1.29, 1.82) is 0 Å². The molecule has 0 bridgehead atoms. The van der Waals surface area contributed by atoms with Crippen LogP contribution in [0.4, 0.5) is 0 Å². The van der Waals surface area contributed by atoms with Crippen LogP contribution in [0.3, 0.4) is 0 Å². The molecular weight excluding hydrogens is 440 g/mol. The third-order valence-electron chi connectivity index (χ3n) is 3.48. The standard InChI is InChI=1S/C17H18Br2N2O3/c1-3-11(2)12-4-6-13(7-5-12)23-10-16(22)21-20-9-14-8-15(18)17(19)24-14/h4-9,11H,3,10H2,1-2H3,(H,21,22)/b20-9+/t11-/m1/s1. The van der Waals surface area contributed by atoms with E-state index in [1.807, 2.05) is 24.3 Å². The number of furan rings is 1. The molecule has 5 nitrogen and oxygen atoms in total. The molecule has 0 saturated carbocycles. The Morgan fingerprint density at radius 1 is 1.38 bits per heavy atom. The molecule has 0 aliphatic heterocycles. The maximum atomic E-state index is 11.7. The predicted molar refractivity (Wildman–Crippen MR) is 100 cm³/mol. The van der Waals surface area contributed by atoms with Crippen LogP contribution in [0.5, 0.6) is 5.75 Å². The van der Waals surface area contributed by atoms with Crippen LogP contribution in [-0.2, 0) is 4.79 Å². The molecule has 0 unspecified atom stereocenters. The molecular formula is C17H18Br2N2O3. The summed E-state index contributed by atoms with van der Waals surface area (Å²) in [6.45, 7) is 4.23. The monoisotopic (exact) mass is 456 g/mol. The van der Waals surface area contributed by atoms with E-state index < -0.39 is 0 Å². The number of ether oxygens (including phenoxy) is 1. The first-order valence-corrected chi connectivity index (χ1v) is 9.07. The van der Waals surface area contributed by atoms with Crippen molar-refractivity contribution in [3.63, 3.8) is 0 Å². The van der Waals surface area contributed by atoms with Crippen LogP contribution in [0.25, 0.3) is 0 Å². The predicted octanol–water partition coefficient (Wildman–Crippen LogP) is 4.85. The van der Waals surface area contributed by atoms with E-state index in [0.717, 1.165) is 10.9 Å². The highest BCUT2D eigenvalue weighted by Crippen LogP contribution is 2.25. The number of benzene rings is 1. The quantitative estimate of drug-likeness (QED) is 0.477. The first-order valence-electron chi connectivity index (χ1n) is 7.49. The van der Waals surface area contributed by atoms with E-state index in [4.69, 9.17) is 9.15 Å². The van der Waals surface area contributed by atoms with Crippen molar-refractivity contribution < 1.29 is 13.9 Å². The van der Waals surface area contributed by atoms with Crippen LogP contribution in [0, 0.1) is 0 Å². The van der Waals surface area contributed by atoms with Gasteiger partial charge in [-0.3, -0.25) is 4.79 Å². The average Bonchev–Trinajstić information content (AvgIpc) is 2.90. The number of hydrogen-bond acceptors (Lipinski definition) is 4. The molecule has 1 aromatic carbocycles. The molecule has 0 aliphatic carbocycles. The molecule has 1 heterocycles. The van der Waals surface area contributed by atoms with Crippen LogP contribution >= 0.6 is 31.9 Å². The summed E-state index contributed by atoms with van der Waals surface area (Å²) in [5.74, 6) is 1.33. The van der Waals surface area contributed by atoms with Crippen LogP contribution in [0.2, 0.25) is 0 Å². The highest BCUT2D eigenvalue weighted by Gasteiger charge is 2.06. The first-order chi connectivity index (χ1) is 11.5. The lowest BCUT2D eigenvalue weighted by Crippen LogP contribution is -2.24. The molecule has 1 aromatic heterocycles. The van der Waals surface area contributed by atoms with Gasteiger partial charge < -0.3 is 9.15 Å². The smallest absolute Gasteiger partial charge is 0.277 e. The van der Waals surface area contributed by atoms with Gasteiger partial charge in [0.25, 0.3) is 5.91 Å². The topological polar surface area (TPSA) is 63.8 Å². The van der Waals surface area contributed by atoms with Gasteiger partial charge >= 0.3 is 0 Å². The maximum Gasteiger partial charge on any atom is 0.277 e. The largest absolute Gasteiger partial charge is 0.484 e. The Hall–Kier alpha value is -1.60. The number of carbonyl (C=O) groups is 1. The number of hydrogen-bond donors (Lipinski definition) is 1. The Bertz CT molecular complexity index is 692. The Morgan fingerprint density at radius 3 is 2.67 bits per heavy atom. The van der Waals surface area contributed by atoms with Gasteiger partial charge in [0.15, 0.2) is 11.3 Å². The SMILES string of the molecule is CC[C@@H](C)c1ccc(OCC(=O)N/N=C/c2cc(Br)c(Br)o2)cc1. The number of nitrogens with one attached hydrogen (secondary N) is 1. The van der Waals surface area contributed by atoms with Gasteiger partial charge in [-0.15, -0.1) is 0 Å². The van der Waals surface area contributed by atoms with Gasteiger partial charge in [-0.25, -0.2) is 5.43 Å². The van der Waals surface area contributed by atoms with Gasteiger partial charge in [0.1, 0.15) is 11.5 Å². The number of amides is 1. The molecule has 24 heavy (non-hydrogen) atoms. The fraction of sp³-hybridized carbons (Fsp3) is 0.294. The van der Waals surface area contributed by atoms with Crippen LogP contribution in [0.15, 0.2) is 49.0 Å². The molecule has 0 saturated heterocycles. The Balaban J connectivity index is 1.78. The zero-order chi connectivity index (χ0) is 17.5. The van der Waals surface area contributed by atoms with Crippen molar-refractivity contribution in [2.24, 2.45) is 5.10 Å². The van der Waals surface area contributed by atoms with Crippen molar-refractivity contribution in [1.82, 2.24) is 5.43 Å². The van der Waals surface area contributed by atoms with E-state index >= 15 is 0 Å². The van der Waals surface area contributed by atoms with E-state index in [-0.39, 0.29) is 12.5 Å². The minimum atomic E-state index is -0.345. The summed E-state index contributed by atoms with van der Waals surface area (Å²) >= 11 is 6.52. The second-order valence-electron chi connectivity index (χ2n) is 5.23. The lowest BCUT2D eigenvalue weighted by atomic mass is 9.99. The normalized spacial score (nSPS) is 12.3. The zero-order valence-electron chi connectivity index (χ0n) is 13.4. The number of rotatable bonds is 7. The summed E-state index contributed by atoms with van der Waals surface area (Å²) in [5.41, 5.74) is 3.64. The van der Waals surface area contributed by atoms with Gasteiger partial charge in [0.05, 0.1) is 10.7 Å². The molecule has 7 heteroatoms. The lowest BCUT2D eigenvalue weighted by molar-refractivity contribution is -0.123. The molecule has 1 atom stereocenters. The molecule has 128 valence electrons. The van der Waals surface area contributed by atoms with Gasteiger partial charge in [-0.05, 0) is 61.9 Å². The van der Waals surface area contributed by atoms with Crippen LogP contribution in [-0.4, -0.2) is 18.7 Å². The van der Waals surface area contributed by atoms with Gasteiger partial charge in [-0.1, -0.05) is 26.0 Å². The molecule has 1 N–H and O–H groups in total. The summed E-state index contributed by atoms with van der Waals surface area (Å²) < 4.78 is 12.1. The van der Waals surface area contributed by atoms with Gasteiger partial charge in [0, 0.05) is 6.07 Å².